The highest BCUT2D eigenvalue weighted by Crippen LogP contribution is 2.16. The van der Waals surface area contributed by atoms with E-state index in [0.717, 1.165) is 36.0 Å². The van der Waals surface area contributed by atoms with Crippen molar-refractivity contribution in [2.24, 2.45) is 7.05 Å². The molecule has 2 heterocycles. The van der Waals surface area contributed by atoms with Gasteiger partial charge in [-0.3, -0.25) is 4.68 Å². The van der Waals surface area contributed by atoms with E-state index >= 15 is 0 Å². The minimum absolute atomic E-state index is 0.859. The monoisotopic (exact) mass is 251 g/mol. The minimum Gasteiger partial charge on any atom is -0.311 e. The summed E-state index contributed by atoms with van der Waals surface area (Å²) < 4.78 is 1.73. The fourth-order valence-corrected chi connectivity index (χ4v) is 2.54. The Balaban J connectivity index is 1.75. The van der Waals surface area contributed by atoms with Crippen LogP contribution < -0.4 is 5.32 Å². The van der Waals surface area contributed by atoms with Crippen molar-refractivity contribution >= 4 is 11.3 Å². The molecule has 1 N–H and O–H groups in total. The molecule has 17 heavy (non-hydrogen) atoms. The highest BCUT2D eigenvalue weighted by Gasteiger charge is 2.04. The molecular formula is C11H17N5S. The van der Waals surface area contributed by atoms with E-state index in [2.05, 4.69) is 27.3 Å². The summed E-state index contributed by atoms with van der Waals surface area (Å²) in [5, 5.41) is 8.76. The third-order valence-corrected chi connectivity index (χ3v) is 3.53. The first-order chi connectivity index (χ1) is 8.15. The molecule has 92 valence electrons. The molecule has 2 aromatic heterocycles. The zero-order valence-electron chi connectivity index (χ0n) is 10.4. The first-order valence-electron chi connectivity index (χ1n) is 5.63. The molecule has 0 aromatic carbocycles. The normalized spacial score (nSPS) is 11.0. The molecule has 0 aliphatic heterocycles. The number of aromatic nitrogens is 4. The first kappa shape index (κ1) is 12.2. The Bertz CT molecular complexity index is 488. The molecule has 0 amide bonds. The van der Waals surface area contributed by atoms with E-state index in [0.29, 0.717) is 0 Å². The van der Waals surface area contributed by atoms with Gasteiger partial charge in [-0.1, -0.05) is 0 Å². The van der Waals surface area contributed by atoms with Crippen LogP contribution in [0.15, 0.2) is 6.33 Å². The van der Waals surface area contributed by atoms with Gasteiger partial charge < -0.3 is 5.32 Å². The van der Waals surface area contributed by atoms with Crippen molar-refractivity contribution in [1.29, 1.82) is 0 Å². The highest BCUT2D eigenvalue weighted by molar-refractivity contribution is 7.11. The molecular weight excluding hydrogens is 234 g/mol. The highest BCUT2D eigenvalue weighted by atomic mass is 32.1. The van der Waals surface area contributed by atoms with Gasteiger partial charge in [0.1, 0.15) is 6.33 Å². The second-order valence-corrected chi connectivity index (χ2v) is 5.29. The van der Waals surface area contributed by atoms with Crippen LogP contribution in [0.4, 0.5) is 0 Å². The number of hydrogen-bond donors (Lipinski definition) is 1. The smallest absolute Gasteiger partial charge is 0.151 e. The molecule has 0 unspecified atom stereocenters. The lowest BCUT2D eigenvalue weighted by molar-refractivity contribution is 0.663. The summed E-state index contributed by atoms with van der Waals surface area (Å²) >= 11 is 1.76. The van der Waals surface area contributed by atoms with Gasteiger partial charge >= 0.3 is 0 Å². The van der Waals surface area contributed by atoms with Crippen molar-refractivity contribution in [3.63, 3.8) is 0 Å². The zero-order chi connectivity index (χ0) is 12.3. The average molecular weight is 251 g/mol. The van der Waals surface area contributed by atoms with Gasteiger partial charge in [-0.15, -0.1) is 11.3 Å². The maximum Gasteiger partial charge on any atom is 0.151 e. The van der Waals surface area contributed by atoms with Crippen LogP contribution in [0.2, 0.25) is 0 Å². The molecule has 0 saturated heterocycles. The predicted molar refractivity (Wildman–Crippen MR) is 68.0 cm³/mol. The van der Waals surface area contributed by atoms with E-state index in [-0.39, 0.29) is 0 Å². The Morgan fingerprint density at radius 3 is 2.82 bits per heavy atom. The third kappa shape index (κ3) is 3.34. The largest absolute Gasteiger partial charge is 0.311 e. The fraction of sp³-hybridized carbons (Fsp3) is 0.545. The number of nitrogens with one attached hydrogen (secondary N) is 1. The molecule has 0 fully saturated rings. The lowest BCUT2D eigenvalue weighted by Crippen LogP contribution is -2.17. The van der Waals surface area contributed by atoms with Gasteiger partial charge in [-0.25, -0.2) is 9.97 Å². The molecule has 0 atom stereocenters. The van der Waals surface area contributed by atoms with Gasteiger partial charge in [-0.2, -0.15) is 5.10 Å². The Morgan fingerprint density at radius 1 is 1.41 bits per heavy atom. The van der Waals surface area contributed by atoms with Gasteiger partial charge in [0.25, 0.3) is 0 Å². The standard InChI is InChI=1S/C11H17N5S/c1-8-10(17-9(2)14-8)6-12-5-4-11-13-7-16(3)15-11/h7,12H,4-6H2,1-3H3. The van der Waals surface area contributed by atoms with E-state index in [9.17, 15) is 0 Å². The van der Waals surface area contributed by atoms with E-state index in [1.807, 2.05) is 14.0 Å². The van der Waals surface area contributed by atoms with E-state index < -0.39 is 0 Å². The Hall–Kier alpha value is -1.27. The van der Waals surface area contributed by atoms with Crippen molar-refractivity contribution in [2.45, 2.75) is 26.8 Å². The molecule has 5 nitrogen and oxygen atoms in total. The van der Waals surface area contributed by atoms with Crippen LogP contribution in [0.25, 0.3) is 0 Å². The van der Waals surface area contributed by atoms with E-state index in [1.165, 1.54) is 4.88 Å². The molecule has 0 radical (unpaired) electrons. The van der Waals surface area contributed by atoms with Crippen LogP contribution in [0, 0.1) is 13.8 Å². The zero-order valence-corrected chi connectivity index (χ0v) is 11.2. The maximum absolute atomic E-state index is 4.40. The van der Waals surface area contributed by atoms with Crippen LogP contribution in [0.5, 0.6) is 0 Å². The van der Waals surface area contributed by atoms with Crippen molar-refractivity contribution in [2.75, 3.05) is 6.54 Å². The molecule has 0 aliphatic rings. The second-order valence-electron chi connectivity index (χ2n) is 4.00. The van der Waals surface area contributed by atoms with Gasteiger partial charge in [0.15, 0.2) is 5.82 Å². The second kappa shape index (κ2) is 5.37. The lowest BCUT2D eigenvalue weighted by atomic mass is 10.3. The summed E-state index contributed by atoms with van der Waals surface area (Å²) in [7, 11) is 1.88. The predicted octanol–water partition coefficient (Wildman–Crippen LogP) is 1.22. The van der Waals surface area contributed by atoms with Crippen molar-refractivity contribution < 1.29 is 0 Å². The third-order valence-electron chi connectivity index (χ3n) is 2.46. The average Bonchev–Trinajstić information content (AvgIpc) is 2.81. The molecule has 0 aliphatic carbocycles. The molecule has 2 rings (SSSR count). The number of hydrogen-bond acceptors (Lipinski definition) is 5. The number of rotatable bonds is 5. The van der Waals surface area contributed by atoms with Gasteiger partial charge in [0.05, 0.1) is 10.7 Å². The maximum atomic E-state index is 4.40. The quantitative estimate of drug-likeness (QED) is 0.812. The SMILES string of the molecule is Cc1nc(C)c(CNCCc2ncn(C)n2)s1. The van der Waals surface area contributed by atoms with Crippen molar-refractivity contribution in [3.05, 3.63) is 27.7 Å². The topological polar surface area (TPSA) is 55.6 Å². The number of nitrogens with zero attached hydrogens (tertiary/aromatic N) is 4. The van der Waals surface area contributed by atoms with Crippen LogP contribution in [-0.2, 0) is 20.0 Å². The molecule has 0 bridgehead atoms. The minimum atomic E-state index is 0.859. The van der Waals surface area contributed by atoms with Crippen LogP contribution >= 0.6 is 11.3 Å². The summed E-state index contributed by atoms with van der Waals surface area (Å²) in [5.74, 6) is 0.886. The summed E-state index contributed by atoms with van der Waals surface area (Å²) in [5.41, 5.74) is 1.14. The lowest BCUT2D eigenvalue weighted by Gasteiger charge is -2.01. The number of thiazole rings is 1. The molecule has 2 aromatic rings. The van der Waals surface area contributed by atoms with Crippen LogP contribution in [-0.4, -0.2) is 26.3 Å². The van der Waals surface area contributed by atoms with Gasteiger partial charge in [0, 0.05) is 31.4 Å². The van der Waals surface area contributed by atoms with Gasteiger partial charge in [0.2, 0.25) is 0 Å². The fourth-order valence-electron chi connectivity index (χ4n) is 1.64. The Kier molecular flexibility index (Phi) is 3.86. The molecule has 0 spiro atoms. The molecule has 6 heteroatoms. The van der Waals surface area contributed by atoms with Crippen molar-refractivity contribution in [3.8, 4) is 0 Å². The molecule has 0 saturated carbocycles. The van der Waals surface area contributed by atoms with E-state index in [1.54, 1.807) is 22.3 Å². The van der Waals surface area contributed by atoms with Crippen LogP contribution in [0.1, 0.15) is 21.4 Å². The summed E-state index contributed by atoms with van der Waals surface area (Å²) in [6.07, 6.45) is 2.59. The van der Waals surface area contributed by atoms with Gasteiger partial charge in [-0.05, 0) is 13.8 Å². The number of aryl methyl sites for hydroxylation is 3. The summed E-state index contributed by atoms with van der Waals surface area (Å²) in [4.78, 5) is 9.90. The summed E-state index contributed by atoms with van der Waals surface area (Å²) in [6, 6.07) is 0. The Morgan fingerprint density at radius 2 is 2.24 bits per heavy atom. The summed E-state index contributed by atoms with van der Waals surface area (Å²) in [6.45, 7) is 5.87. The van der Waals surface area contributed by atoms with E-state index in [4.69, 9.17) is 0 Å². The Labute approximate surface area is 105 Å². The first-order valence-corrected chi connectivity index (χ1v) is 6.45. The van der Waals surface area contributed by atoms with Crippen molar-refractivity contribution in [1.82, 2.24) is 25.1 Å². The van der Waals surface area contributed by atoms with Crippen LogP contribution in [0.3, 0.4) is 0 Å².